The third kappa shape index (κ3) is 7.61. The van der Waals surface area contributed by atoms with E-state index in [1.165, 1.54) is 11.3 Å². The van der Waals surface area contributed by atoms with Gasteiger partial charge >= 0.3 is 6.09 Å². The van der Waals surface area contributed by atoms with Crippen molar-refractivity contribution >= 4 is 40.6 Å². The second kappa shape index (κ2) is 13.4. The second-order valence-electron chi connectivity index (χ2n) is 11.2. The fourth-order valence-corrected chi connectivity index (χ4v) is 5.01. The molecule has 1 atom stereocenters. The summed E-state index contributed by atoms with van der Waals surface area (Å²) in [5.74, 6) is 5.14. The van der Waals surface area contributed by atoms with Gasteiger partial charge in [0.15, 0.2) is 5.69 Å². The molecular weight excluding hydrogens is 534 g/mol. The molecule has 0 radical (unpaired) electrons. The van der Waals surface area contributed by atoms with Gasteiger partial charge in [-0.15, -0.1) is 0 Å². The van der Waals surface area contributed by atoms with Crippen molar-refractivity contribution in [1.82, 2.24) is 20.3 Å². The Bertz CT molecular complexity index is 1470. The molecule has 4 N–H and O–H groups in total. The first-order valence-electron chi connectivity index (χ1n) is 14.1. The summed E-state index contributed by atoms with van der Waals surface area (Å²) in [5, 5.41) is 12.8. The van der Waals surface area contributed by atoms with Crippen molar-refractivity contribution < 1.29 is 19.1 Å². The molecule has 0 saturated carbocycles. The second-order valence-corrected chi connectivity index (χ2v) is 11.2. The number of aromatic nitrogens is 1. The van der Waals surface area contributed by atoms with Crippen LogP contribution in [0.5, 0.6) is 0 Å². The lowest BCUT2D eigenvalue weighted by molar-refractivity contribution is 0.00984. The van der Waals surface area contributed by atoms with Crippen molar-refractivity contribution in [3.8, 4) is 0 Å². The number of hydrazine groups is 1. The third-order valence-electron chi connectivity index (χ3n) is 6.88. The van der Waals surface area contributed by atoms with Crippen molar-refractivity contribution in [2.24, 2.45) is 10.9 Å². The van der Waals surface area contributed by atoms with E-state index in [4.69, 9.17) is 10.6 Å². The van der Waals surface area contributed by atoms with Gasteiger partial charge in [0.1, 0.15) is 5.60 Å². The Labute approximate surface area is 246 Å². The Morgan fingerprint density at radius 3 is 2.60 bits per heavy atom. The van der Waals surface area contributed by atoms with Crippen LogP contribution in [-0.2, 0) is 11.3 Å². The molecule has 1 fully saturated rings. The van der Waals surface area contributed by atoms with Crippen LogP contribution in [0.1, 0.15) is 73.4 Å². The monoisotopic (exact) mass is 573 g/mol. The summed E-state index contributed by atoms with van der Waals surface area (Å²) in [4.78, 5) is 45.4. The van der Waals surface area contributed by atoms with Crippen LogP contribution in [0.4, 0.5) is 10.5 Å². The molecule has 2 aromatic carbocycles. The number of rotatable bonds is 8. The molecule has 1 unspecified atom stereocenters. The quantitative estimate of drug-likeness (QED) is 0.202. The van der Waals surface area contributed by atoms with Gasteiger partial charge in [0, 0.05) is 31.1 Å². The van der Waals surface area contributed by atoms with E-state index in [2.05, 4.69) is 20.7 Å². The number of benzene rings is 2. The summed E-state index contributed by atoms with van der Waals surface area (Å²) < 4.78 is 5.57. The molecule has 1 aliphatic heterocycles. The maximum Gasteiger partial charge on any atom is 0.410 e. The average molecular weight is 574 g/mol. The summed E-state index contributed by atoms with van der Waals surface area (Å²) >= 11 is 0. The van der Waals surface area contributed by atoms with E-state index in [9.17, 15) is 14.4 Å². The molecule has 11 heteroatoms. The van der Waals surface area contributed by atoms with Crippen molar-refractivity contribution in [3.63, 3.8) is 0 Å². The minimum atomic E-state index is -0.608. The number of amides is 3. The SMILES string of the molecule is C/C=N\N(N)Cc1ccc(C(=O)Nc2cccnc2C(=O)NCC2CCCCN2C(=O)OC(C)(C)C)c2ccccc12. The van der Waals surface area contributed by atoms with Crippen LogP contribution in [0, 0.1) is 0 Å². The van der Waals surface area contributed by atoms with E-state index in [0.717, 1.165) is 35.6 Å². The molecule has 4 rings (SSSR count). The number of piperidine rings is 1. The molecule has 0 aliphatic carbocycles. The van der Waals surface area contributed by atoms with Gasteiger partial charge in [0.2, 0.25) is 0 Å². The van der Waals surface area contributed by atoms with Gasteiger partial charge in [-0.2, -0.15) is 5.10 Å². The van der Waals surface area contributed by atoms with Gasteiger partial charge in [-0.1, -0.05) is 30.3 Å². The van der Waals surface area contributed by atoms with E-state index in [-0.39, 0.29) is 36.0 Å². The van der Waals surface area contributed by atoms with Gasteiger partial charge in [-0.25, -0.2) is 20.7 Å². The van der Waals surface area contributed by atoms with Gasteiger partial charge in [0.05, 0.1) is 18.3 Å². The molecule has 42 heavy (non-hydrogen) atoms. The van der Waals surface area contributed by atoms with Crippen molar-refractivity contribution in [2.75, 3.05) is 18.4 Å². The predicted octanol–water partition coefficient (Wildman–Crippen LogP) is 4.69. The molecule has 11 nitrogen and oxygen atoms in total. The zero-order chi connectivity index (χ0) is 30.3. The highest BCUT2D eigenvalue weighted by molar-refractivity contribution is 6.15. The zero-order valence-electron chi connectivity index (χ0n) is 24.6. The van der Waals surface area contributed by atoms with Gasteiger partial charge in [-0.05, 0) is 81.5 Å². The lowest BCUT2D eigenvalue weighted by Gasteiger charge is -2.36. The maximum absolute atomic E-state index is 13.5. The number of fused-ring (bicyclic) bond motifs is 1. The highest BCUT2D eigenvalue weighted by atomic mass is 16.6. The zero-order valence-corrected chi connectivity index (χ0v) is 24.6. The number of nitrogens with one attached hydrogen (secondary N) is 2. The largest absolute Gasteiger partial charge is 0.444 e. The molecule has 222 valence electrons. The van der Waals surface area contributed by atoms with E-state index in [0.29, 0.717) is 18.7 Å². The van der Waals surface area contributed by atoms with Crippen LogP contribution >= 0.6 is 0 Å². The van der Waals surface area contributed by atoms with Crippen LogP contribution in [0.25, 0.3) is 10.8 Å². The summed E-state index contributed by atoms with van der Waals surface area (Å²) in [6.07, 6.45) is 5.31. The number of hydrazone groups is 1. The van der Waals surface area contributed by atoms with E-state index >= 15 is 0 Å². The van der Waals surface area contributed by atoms with Crippen LogP contribution in [-0.4, -0.2) is 63.9 Å². The molecule has 0 bridgehead atoms. The minimum absolute atomic E-state index is 0.0857. The molecule has 0 spiro atoms. The van der Waals surface area contributed by atoms with E-state index in [1.54, 1.807) is 36.2 Å². The van der Waals surface area contributed by atoms with Gasteiger partial charge in [-0.3, -0.25) is 9.59 Å². The van der Waals surface area contributed by atoms with Crippen LogP contribution in [0.15, 0.2) is 59.8 Å². The van der Waals surface area contributed by atoms with Gasteiger partial charge < -0.3 is 20.3 Å². The number of hydrogen-bond acceptors (Lipinski definition) is 8. The first kappa shape index (κ1) is 30.4. The number of hydrogen-bond donors (Lipinski definition) is 3. The summed E-state index contributed by atoms with van der Waals surface area (Å²) in [7, 11) is 0. The Balaban J connectivity index is 1.49. The number of carbonyl (C=O) groups is 3. The van der Waals surface area contributed by atoms with Crippen molar-refractivity contribution in [1.29, 1.82) is 0 Å². The standard InChI is InChI=1S/C31H39N7O4/c1-5-35-38(32)20-21-15-16-25(24-13-7-6-12-23(21)24)28(39)36-26-14-10-17-33-27(26)29(40)34-19-22-11-8-9-18-37(22)30(41)42-31(2,3)4/h5-7,10,12-17,22H,8-9,11,18-20,32H2,1-4H3,(H,34,40)(H,36,39)/b35-5-. The molecule has 3 aromatic rings. The number of nitrogens with zero attached hydrogens (tertiary/aromatic N) is 4. The smallest absolute Gasteiger partial charge is 0.410 e. The Kier molecular flexibility index (Phi) is 9.74. The normalized spacial score (nSPS) is 15.5. The van der Waals surface area contributed by atoms with E-state index in [1.807, 2.05) is 51.1 Å². The highest BCUT2D eigenvalue weighted by Crippen LogP contribution is 2.26. The summed E-state index contributed by atoms with van der Waals surface area (Å²) in [6, 6.07) is 14.2. The van der Waals surface area contributed by atoms with Crippen LogP contribution in [0.3, 0.4) is 0 Å². The van der Waals surface area contributed by atoms with Gasteiger partial charge in [0.25, 0.3) is 11.8 Å². The van der Waals surface area contributed by atoms with E-state index < -0.39 is 11.5 Å². The Hall–Kier alpha value is -4.51. The van der Waals surface area contributed by atoms with Crippen molar-refractivity contribution in [3.05, 3.63) is 71.5 Å². The van der Waals surface area contributed by atoms with Crippen molar-refractivity contribution in [2.45, 2.75) is 65.1 Å². The minimum Gasteiger partial charge on any atom is -0.444 e. The molecule has 2 heterocycles. The highest BCUT2D eigenvalue weighted by Gasteiger charge is 2.31. The third-order valence-corrected chi connectivity index (χ3v) is 6.88. The predicted molar refractivity (Wildman–Crippen MR) is 163 cm³/mol. The number of carbonyl (C=O) groups excluding carboxylic acids is 3. The fourth-order valence-electron chi connectivity index (χ4n) is 5.01. The Morgan fingerprint density at radius 1 is 1.10 bits per heavy atom. The first-order chi connectivity index (χ1) is 20.1. The molecule has 1 saturated heterocycles. The summed E-state index contributed by atoms with van der Waals surface area (Å²) in [5.41, 5.74) is 1.12. The van der Waals surface area contributed by atoms with Crippen LogP contribution in [0.2, 0.25) is 0 Å². The maximum atomic E-state index is 13.5. The number of pyridine rings is 1. The average Bonchev–Trinajstić information content (AvgIpc) is 2.95. The molecular formula is C31H39N7O4. The Morgan fingerprint density at radius 2 is 1.86 bits per heavy atom. The van der Waals surface area contributed by atoms with Crippen LogP contribution < -0.4 is 16.5 Å². The topological polar surface area (TPSA) is 142 Å². The first-order valence-corrected chi connectivity index (χ1v) is 14.1. The number of likely N-dealkylation sites (tertiary alicyclic amines) is 1. The molecule has 1 aliphatic rings. The number of anilines is 1. The fraction of sp³-hybridized carbons (Fsp3) is 0.387. The molecule has 3 amide bonds. The summed E-state index contributed by atoms with van der Waals surface area (Å²) in [6.45, 7) is 8.46. The lowest BCUT2D eigenvalue weighted by Crippen LogP contribution is -2.50. The number of nitrogens with two attached hydrogens (primary N) is 1. The molecule has 1 aromatic heterocycles. The lowest BCUT2D eigenvalue weighted by atomic mass is 9.99. The number of ether oxygens (including phenoxy) is 1.